The smallest absolute Gasteiger partial charge is 0.253 e. The minimum absolute atomic E-state index is 0.254. The average molecular weight is 179 g/mol. The Bertz CT molecular complexity index is 277. The first-order valence-corrected chi connectivity index (χ1v) is 4.45. The minimum Gasteiger partial charge on any atom is -0.289 e. The van der Waals surface area contributed by atoms with E-state index in [1.807, 2.05) is 13.0 Å². The lowest BCUT2D eigenvalue weighted by Crippen LogP contribution is -2.31. The van der Waals surface area contributed by atoms with E-state index in [0.29, 0.717) is 12.0 Å². The third-order valence-electron chi connectivity index (χ3n) is 1.83. The zero-order chi connectivity index (χ0) is 9.68. The molecule has 1 heterocycles. The zero-order valence-electron chi connectivity index (χ0n) is 7.67. The summed E-state index contributed by atoms with van der Waals surface area (Å²) in [6.07, 6.45) is 7.34. The molecule has 2 amide bonds. The lowest BCUT2D eigenvalue weighted by Gasteiger charge is -2.07. The fourth-order valence-electron chi connectivity index (χ4n) is 1.22. The molecule has 1 aliphatic heterocycles. The summed E-state index contributed by atoms with van der Waals surface area (Å²) in [5.74, 6) is -0.581. The number of carbonyl (C=O) groups excluding carboxylic acids is 2. The van der Waals surface area contributed by atoms with Crippen molar-refractivity contribution in [2.24, 2.45) is 0 Å². The van der Waals surface area contributed by atoms with Gasteiger partial charge in [0.15, 0.2) is 0 Å². The van der Waals surface area contributed by atoms with Crippen LogP contribution >= 0.6 is 0 Å². The van der Waals surface area contributed by atoms with Crippen LogP contribution in [0.5, 0.6) is 0 Å². The van der Waals surface area contributed by atoms with E-state index in [2.05, 4.69) is 5.32 Å². The Morgan fingerprint density at radius 2 is 2.31 bits per heavy atom. The third-order valence-corrected chi connectivity index (χ3v) is 1.83. The highest BCUT2D eigenvalue weighted by atomic mass is 16.2. The molecule has 13 heavy (non-hydrogen) atoms. The van der Waals surface area contributed by atoms with Crippen LogP contribution in [0.2, 0.25) is 0 Å². The number of rotatable bonds is 1. The molecule has 0 aliphatic carbocycles. The monoisotopic (exact) mass is 179 g/mol. The van der Waals surface area contributed by atoms with Crippen molar-refractivity contribution in [3.63, 3.8) is 0 Å². The average Bonchev–Trinajstić information content (AvgIpc) is 2.08. The molecule has 70 valence electrons. The topological polar surface area (TPSA) is 46.2 Å². The molecule has 0 saturated carbocycles. The summed E-state index contributed by atoms with van der Waals surface area (Å²) in [6, 6.07) is 0. The number of hydrogen-bond acceptors (Lipinski definition) is 2. The number of allylic oxidation sites excluding steroid dienone is 2. The second-order valence-corrected chi connectivity index (χ2v) is 2.90. The van der Waals surface area contributed by atoms with Gasteiger partial charge in [0, 0.05) is 5.57 Å². The molecule has 3 nitrogen and oxygen atoms in total. The second kappa shape index (κ2) is 4.60. The maximum atomic E-state index is 11.3. The van der Waals surface area contributed by atoms with Crippen LogP contribution in [0.25, 0.3) is 0 Å². The number of hydrogen-bond donors (Lipinski definition) is 1. The predicted molar refractivity (Wildman–Crippen MR) is 49.9 cm³/mol. The molecular formula is C10H13NO2. The molecule has 0 bridgehead atoms. The van der Waals surface area contributed by atoms with Crippen LogP contribution < -0.4 is 5.32 Å². The molecular weight excluding hydrogens is 166 g/mol. The van der Waals surface area contributed by atoms with E-state index < -0.39 is 0 Å². The molecule has 0 aromatic heterocycles. The molecule has 1 N–H and O–H groups in total. The van der Waals surface area contributed by atoms with Crippen molar-refractivity contribution in [2.75, 3.05) is 0 Å². The lowest BCUT2D eigenvalue weighted by atomic mass is 10.1. The van der Waals surface area contributed by atoms with Crippen LogP contribution in [0.1, 0.15) is 26.2 Å². The Kier molecular flexibility index (Phi) is 3.43. The van der Waals surface area contributed by atoms with E-state index in [0.717, 1.165) is 12.8 Å². The molecule has 1 aliphatic rings. The minimum atomic E-state index is -0.327. The van der Waals surface area contributed by atoms with Crippen molar-refractivity contribution in [2.45, 2.75) is 26.2 Å². The zero-order valence-corrected chi connectivity index (χ0v) is 7.67. The summed E-state index contributed by atoms with van der Waals surface area (Å²) < 4.78 is 0. The maximum Gasteiger partial charge on any atom is 0.253 e. The van der Waals surface area contributed by atoms with Crippen LogP contribution in [-0.4, -0.2) is 11.8 Å². The summed E-state index contributed by atoms with van der Waals surface area (Å²) >= 11 is 0. The molecule has 0 atom stereocenters. The van der Waals surface area contributed by atoms with Gasteiger partial charge in [-0.15, -0.1) is 0 Å². The van der Waals surface area contributed by atoms with Gasteiger partial charge in [-0.25, -0.2) is 0 Å². The highest BCUT2D eigenvalue weighted by Gasteiger charge is 2.12. The van der Waals surface area contributed by atoms with Gasteiger partial charge in [0.05, 0.1) is 0 Å². The number of amides is 2. The van der Waals surface area contributed by atoms with Crippen LogP contribution in [0.3, 0.4) is 0 Å². The van der Waals surface area contributed by atoms with E-state index >= 15 is 0 Å². The molecule has 0 fully saturated rings. The first kappa shape index (κ1) is 9.71. The summed E-state index contributed by atoms with van der Waals surface area (Å²) in [5, 5.41) is 2.28. The Morgan fingerprint density at radius 1 is 1.54 bits per heavy atom. The van der Waals surface area contributed by atoms with Crippen molar-refractivity contribution in [3.05, 3.63) is 23.8 Å². The Morgan fingerprint density at radius 3 is 3.00 bits per heavy atom. The van der Waals surface area contributed by atoms with Gasteiger partial charge in [-0.1, -0.05) is 19.1 Å². The van der Waals surface area contributed by atoms with Crippen molar-refractivity contribution in [1.29, 1.82) is 0 Å². The standard InChI is InChI=1S/C10H13NO2/c1-2-5-8-6-3-4-7-9(12)11-10(8)13/h4-5,7H,2-3,6H2,1H3,(H,11,12,13)/b7-4?,8-5-. The first-order chi connectivity index (χ1) is 6.24. The fourth-order valence-corrected chi connectivity index (χ4v) is 1.22. The van der Waals surface area contributed by atoms with Crippen molar-refractivity contribution < 1.29 is 9.59 Å². The van der Waals surface area contributed by atoms with E-state index in [1.165, 1.54) is 6.08 Å². The van der Waals surface area contributed by atoms with Gasteiger partial charge in [0.25, 0.3) is 5.91 Å². The van der Waals surface area contributed by atoms with Crippen LogP contribution in [0.15, 0.2) is 23.8 Å². The third kappa shape index (κ3) is 2.86. The molecule has 0 unspecified atom stereocenters. The Balaban J connectivity index is 2.78. The summed E-state index contributed by atoms with van der Waals surface area (Å²) in [4.78, 5) is 22.3. The SMILES string of the molecule is CC/C=C1/CCC=CC(=O)NC1=O. The van der Waals surface area contributed by atoms with Crippen LogP contribution in [-0.2, 0) is 9.59 Å². The molecule has 3 heteroatoms. The van der Waals surface area contributed by atoms with Crippen molar-refractivity contribution in [1.82, 2.24) is 5.32 Å². The largest absolute Gasteiger partial charge is 0.289 e. The maximum absolute atomic E-state index is 11.3. The fraction of sp³-hybridized carbons (Fsp3) is 0.400. The van der Waals surface area contributed by atoms with Gasteiger partial charge in [-0.05, 0) is 25.3 Å². The van der Waals surface area contributed by atoms with Crippen molar-refractivity contribution in [3.8, 4) is 0 Å². The van der Waals surface area contributed by atoms with Gasteiger partial charge in [-0.2, -0.15) is 0 Å². The molecule has 0 radical (unpaired) electrons. The molecule has 0 saturated heterocycles. The van der Waals surface area contributed by atoms with E-state index in [-0.39, 0.29) is 11.8 Å². The van der Waals surface area contributed by atoms with E-state index in [4.69, 9.17) is 0 Å². The van der Waals surface area contributed by atoms with Gasteiger partial charge in [0.2, 0.25) is 5.91 Å². The summed E-state index contributed by atoms with van der Waals surface area (Å²) in [7, 11) is 0. The van der Waals surface area contributed by atoms with Gasteiger partial charge < -0.3 is 0 Å². The highest BCUT2D eigenvalue weighted by Crippen LogP contribution is 2.09. The number of nitrogens with one attached hydrogen (secondary N) is 1. The van der Waals surface area contributed by atoms with Gasteiger partial charge in [0.1, 0.15) is 0 Å². The normalized spacial score (nSPS) is 21.2. The van der Waals surface area contributed by atoms with E-state index in [9.17, 15) is 9.59 Å². The Labute approximate surface area is 77.5 Å². The first-order valence-electron chi connectivity index (χ1n) is 4.45. The van der Waals surface area contributed by atoms with Gasteiger partial charge >= 0.3 is 0 Å². The molecule has 0 aromatic carbocycles. The number of carbonyl (C=O) groups is 2. The van der Waals surface area contributed by atoms with Crippen LogP contribution in [0, 0.1) is 0 Å². The van der Waals surface area contributed by atoms with E-state index in [1.54, 1.807) is 6.08 Å². The highest BCUT2D eigenvalue weighted by molar-refractivity contribution is 6.07. The second-order valence-electron chi connectivity index (χ2n) is 2.90. The van der Waals surface area contributed by atoms with Crippen molar-refractivity contribution >= 4 is 11.8 Å². The number of imide groups is 1. The molecule has 0 spiro atoms. The van der Waals surface area contributed by atoms with Crippen LogP contribution in [0.4, 0.5) is 0 Å². The molecule has 1 rings (SSSR count). The predicted octanol–water partition coefficient (Wildman–Crippen LogP) is 1.32. The summed E-state index contributed by atoms with van der Waals surface area (Å²) in [5.41, 5.74) is 0.709. The molecule has 0 aromatic rings. The lowest BCUT2D eigenvalue weighted by molar-refractivity contribution is -0.125. The van der Waals surface area contributed by atoms with Gasteiger partial charge in [-0.3, -0.25) is 14.9 Å². The Hall–Kier alpha value is -1.38. The summed E-state index contributed by atoms with van der Waals surface area (Å²) in [6.45, 7) is 1.97. The quantitative estimate of drug-likeness (QED) is 0.487.